The van der Waals surface area contributed by atoms with Gasteiger partial charge in [0.15, 0.2) is 0 Å². The summed E-state index contributed by atoms with van der Waals surface area (Å²) in [5.41, 5.74) is 3.43. The van der Waals surface area contributed by atoms with Crippen LogP contribution >= 0.6 is 0 Å². The van der Waals surface area contributed by atoms with Crippen LogP contribution in [0.5, 0.6) is 0 Å². The zero-order valence-corrected chi connectivity index (χ0v) is 16.0. The van der Waals surface area contributed by atoms with Gasteiger partial charge in [-0.15, -0.1) is 0 Å². The molecule has 2 aromatic carbocycles. The smallest absolute Gasteiger partial charge is 0.258 e. The first-order valence-electron chi connectivity index (χ1n) is 9.61. The monoisotopic (exact) mass is 362 g/mol. The van der Waals surface area contributed by atoms with E-state index in [1.807, 2.05) is 31.2 Å². The zero-order valence-electron chi connectivity index (χ0n) is 16.0. The summed E-state index contributed by atoms with van der Waals surface area (Å²) in [7, 11) is 0. The fourth-order valence-electron chi connectivity index (χ4n) is 3.68. The van der Waals surface area contributed by atoms with Crippen molar-refractivity contribution in [3.05, 3.63) is 65.7 Å². The lowest BCUT2D eigenvalue weighted by Crippen LogP contribution is -2.53. The predicted octanol–water partition coefficient (Wildman–Crippen LogP) is 2.90. The molecule has 5 heteroatoms. The molecule has 2 heterocycles. The van der Waals surface area contributed by atoms with Crippen LogP contribution in [0.25, 0.3) is 0 Å². The van der Waals surface area contributed by atoms with Crippen LogP contribution in [0.4, 0.5) is 5.69 Å². The summed E-state index contributed by atoms with van der Waals surface area (Å²) in [4.78, 5) is 23.9. The Balaban J connectivity index is 1.45. The maximum Gasteiger partial charge on any atom is 0.258 e. The second kappa shape index (κ2) is 7.53. The molecule has 0 N–H and O–H groups in total. The summed E-state index contributed by atoms with van der Waals surface area (Å²) in [6.45, 7) is 8.61. The first kappa shape index (κ1) is 17.7. The highest BCUT2D eigenvalue weighted by Crippen LogP contribution is 2.24. The van der Waals surface area contributed by atoms with Gasteiger partial charge in [-0.3, -0.25) is 9.69 Å². The van der Waals surface area contributed by atoms with Gasteiger partial charge in [-0.2, -0.15) is 0 Å². The Kier molecular flexibility index (Phi) is 4.94. The molecule has 0 aromatic heterocycles. The molecular formula is C22H26N4O. The fraction of sp³-hybridized carbons (Fsp3) is 0.364. The number of carbonyl (C=O) groups excluding carboxylic acids is 1. The Morgan fingerprint density at radius 1 is 0.963 bits per heavy atom. The average molecular weight is 362 g/mol. The van der Waals surface area contributed by atoms with Gasteiger partial charge in [0.2, 0.25) is 5.96 Å². The second-order valence-corrected chi connectivity index (χ2v) is 7.36. The lowest BCUT2D eigenvalue weighted by molar-refractivity contribution is -0.117. The lowest BCUT2D eigenvalue weighted by Gasteiger charge is -2.37. The minimum atomic E-state index is -0.316. The van der Waals surface area contributed by atoms with Gasteiger partial charge >= 0.3 is 0 Å². The van der Waals surface area contributed by atoms with Gasteiger partial charge in [-0.1, -0.05) is 48.0 Å². The molecule has 1 fully saturated rings. The number of amides is 1. The average Bonchev–Trinajstić information content (AvgIpc) is 2.99. The summed E-state index contributed by atoms with van der Waals surface area (Å²) < 4.78 is 0. The van der Waals surface area contributed by atoms with Crippen LogP contribution in [0.2, 0.25) is 0 Å². The highest BCUT2D eigenvalue weighted by molar-refractivity contribution is 6.21. The Morgan fingerprint density at radius 3 is 2.30 bits per heavy atom. The van der Waals surface area contributed by atoms with Crippen LogP contribution in [0.3, 0.4) is 0 Å². The van der Waals surface area contributed by atoms with E-state index in [1.54, 1.807) is 4.90 Å². The molecule has 4 rings (SSSR count). The first-order chi connectivity index (χ1) is 13.1. The molecule has 0 spiro atoms. The van der Waals surface area contributed by atoms with E-state index in [2.05, 4.69) is 52.0 Å². The summed E-state index contributed by atoms with van der Waals surface area (Å²) in [5, 5.41) is 0. The summed E-state index contributed by atoms with van der Waals surface area (Å²) in [6.07, 6.45) is 0. The summed E-state index contributed by atoms with van der Waals surface area (Å²) in [5.74, 6) is 0.858. The number of benzene rings is 2. The number of rotatable bonds is 3. The van der Waals surface area contributed by atoms with E-state index in [9.17, 15) is 4.79 Å². The van der Waals surface area contributed by atoms with Crippen LogP contribution in [0, 0.1) is 6.92 Å². The number of anilines is 1. The number of nitrogens with zero attached hydrogens (tertiary/aromatic N) is 4. The van der Waals surface area contributed by atoms with Gasteiger partial charge < -0.3 is 4.90 Å². The van der Waals surface area contributed by atoms with Crippen LogP contribution in [-0.4, -0.2) is 53.9 Å². The highest BCUT2D eigenvalue weighted by atomic mass is 16.2. The molecule has 0 aliphatic carbocycles. The van der Waals surface area contributed by atoms with Gasteiger partial charge in [0.1, 0.15) is 6.04 Å². The van der Waals surface area contributed by atoms with Crippen molar-refractivity contribution in [2.45, 2.75) is 26.4 Å². The molecule has 5 nitrogen and oxygen atoms in total. The first-order valence-corrected chi connectivity index (χ1v) is 9.61. The highest BCUT2D eigenvalue weighted by Gasteiger charge is 2.36. The predicted molar refractivity (Wildman–Crippen MR) is 109 cm³/mol. The molecular weight excluding hydrogens is 336 g/mol. The van der Waals surface area contributed by atoms with E-state index < -0.39 is 0 Å². The van der Waals surface area contributed by atoms with Crippen LogP contribution < -0.4 is 4.90 Å². The number of aliphatic imine (C=N–C) groups is 1. The van der Waals surface area contributed by atoms with Gasteiger partial charge in [0, 0.05) is 32.7 Å². The maximum atomic E-state index is 12.7. The van der Waals surface area contributed by atoms with Crippen molar-refractivity contribution in [1.82, 2.24) is 9.80 Å². The van der Waals surface area contributed by atoms with E-state index in [1.165, 1.54) is 11.1 Å². The minimum Gasteiger partial charge on any atom is -0.340 e. The zero-order chi connectivity index (χ0) is 18.8. The molecule has 0 radical (unpaired) electrons. The third kappa shape index (κ3) is 3.74. The van der Waals surface area contributed by atoms with Crippen LogP contribution in [-0.2, 0) is 11.3 Å². The van der Waals surface area contributed by atoms with Crippen molar-refractivity contribution in [3.8, 4) is 0 Å². The normalized spacial score (nSPS) is 20.9. The maximum absolute atomic E-state index is 12.7. The van der Waals surface area contributed by atoms with Crippen molar-refractivity contribution in [2.24, 2.45) is 4.99 Å². The molecule has 140 valence electrons. The number of hydrogen-bond donors (Lipinski definition) is 0. The molecule has 0 bridgehead atoms. The minimum absolute atomic E-state index is 0.0561. The molecule has 1 atom stereocenters. The molecule has 1 saturated heterocycles. The van der Waals surface area contributed by atoms with Crippen molar-refractivity contribution in [3.63, 3.8) is 0 Å². The largest absolute Gasteiger partial charge is 0.340 e. The Morgan fingerprint density at radius 2 is 1.63 bits per heavy atom. The molecule has 2 aliphatic heterocycles. The number of guanidine groups is 1. The third-order valence-electron chi connectivity index (χ3n) is 5.28. The lowest BCUT2D eigenvalue weighted by atomic mass is 10.2. The van der Waals surface area contributed by atoms with Gasteiger partial charge in [0.05, 0.1) is 5.69 Å². The third-order valence-corrected chi connectivity index (χ3v) is 5.28. The van der Waals surface area contributed by atoms with E-state index in [4.69, 9.17) is 0 Å². The number of aryl methyl sites for hydroxylation is 1. The van der Waals surface area contributed by atoms with Crippen molar-refractivity contribution in [2.75, 3.05) is 31.1 Å². The van der Waals surface area contributed by atoms with Crippen molar-refractivity contribution < 1.29 is 4.79 Å². The number of piperazine rings is 1. The van der Waals surface area contributed by atoms with Crippen molar-refractivity contribution >= 4 is 17.6 Å². The Labute approximate surface area is 160 Å². The van der Waals surface area contributed by atoms with Crippen molar-refractivity contribution in [1.29, 1.82) is 0 Å². The quantitative estimate of drug-likeness (QED) is 0.843. The number of hydrogen-bond acceptors (Lipinski definition) is 4. The molecule has 2 aromatic rings. The number of carbonyl (C=O) groups is 1. The fourth-order valence-corrected chi connectivity index (χ4v) is 3.68. The van der Waals surface area contributed by atoms with Gasteiger partial charge in [-0.25, -0.2) is 9.89 Å². The van der Waals surface area contributed by atoms with E-state index in [-0.39, 0.29) is 11.9 Å². The molecule has 1 amide bonds. The SMILES string of the molecule is Cc1ccc(N2C(=O)C(C)N=C2N2CCN(Cc3ccccc3)CC2)cc1. The molecule has 1 unspecified atom stereocenters. The summed E-state index contributed by atoms with van der Waals surface area (Å²) >= 11 is 0. The van der Waals surface area contributed by atoms with E-state index in [0.717, 1.165) is 44.4 Å². The van der Waals surface area contributed by atoms with Crippen LogP contribution in [0.1, 0.15) is 18.1 Å². The molecule has 27 heavy (non-hydrogen) atoms. The standard InChI is InChI=1S/C22H26N4O/c1-17-8-10-20(11-9-17)26-21(27)18(2)23-22(26)25-14-12-24(13-15-25)16-19-6-4-3-5-7-19/h3-11,18H,12-16H2,1-2H3. The van der Waals surface area contributed by atoms with Crippen LogP contribution in [0.15, 0.2) is 59.6 Å². The molecule has 2 aliphatic rings. The van der Waals surface area contributed by atoms with Gasteiger partial charge in [0.25, 0.3) is 5.91 Å². The topological polar surface area (TPSA) is 39.2 Å². The van der Waals surface area contributed by atoms with Gasteiger partial charge in [-0.05, 0) is 31.5 Å². The summed E-state index contributed by atoms with van der Waals surface area (Å²) in [6, 6.07) is 18.4. The van der Waals surface area contributed by atoms with E-state index >= 15 is 0 Å². The Hall–Kier alpha value is -2.66. The van der Waals surface area contributed by atoms with E-state index in [0.29, 0.717) is 0 Å². The molecule has 0 saturated carbocycles. The Bertz CT molecular complexity index is 823. The second-order valence-electron chi connectivity index (χ2n) is 7.36.